The number of benzene rings is 1. The van der Waals surface area contributed by atoms with E-state index in [1.807, 2.05) is 0 Å². The van der Waals surface area contributed by atoms with Crippen molar-refractivity contribution >= 4 is 5.91 Å². The summed E-state index contributed by atoms with van der Waals surface area (Å²) in [5.74, 6) is -2.41. The Balaban J connectivity index is 2.12. The van der Waals surface area contributed by atoms with Gasteiger partial charge in [0.15, 0.2) is 0 Å². The number of alkyl halides is 6. The minimum absolute atomic E-state index is 0.0199. The van der Waals surface area contributed by atoms with E-state index in [9.17, 15) is 35.5 Å². The van der Waals surface area contributed by atoms with Gasteiger partial charge in [0.05, 0.1) is 0 Å². The quantitative estimate of drug-likeness (QED) is 0.669. The first-order valence-electron chi connectivity index (χ1n) is 9.35. The Morgan fingerprint density at radius 1 is 1.00 bits per heavy atom. The number of halogens is 7. The molecule has 0 aliphatic carbocycles. The maximum absolute atomic E-state index is 14.2. The molecule has 1 aromatic heterocycles. The predicted octanol–water partition coefficient (Wildman–Crippen LogP) is 5.00. The highest BCUT2D eigenvalue weighted by Crippen LogP contribution is 2.50. The summed E-state index contributed by atoms with van der Waals surface area (Å²) in [6, 6.07) is 4.72. The monoisotopic (exact) mass is 449 g/mol. The summed E-state index contributed by atoms with van der Waals surface area (Å²) in [5, 5.41) is 1.21. The molecule has 11 heteroatoms. The van der Waals surface area contributed by atoms with Gasteiger partial charge in [0.1, 0.15) is 5.82 Å². The summed E-state index contributed by atoms with van der Waals surface area (Å²) < 4.78 is 98.5. The van der Waals surface area contributed by atoms with Crippen LogP contribution in [0, 0.1) is 5.82 Å². The highest BCUT2D eigenvalue weighted by Gasteiger charge is 2.76. The first kappa shape index (κ1) is 23.0. The minimum Gasteiger partial charge on any atom is -0.318 e. The van der Waals surface area contributed by atoms with Gasteiger partial charge in [0.2, 0.25) is 0 Å². The van der Waals surface area contributed by atoms with E-state index in [0.29, 0.717) is 6.42 Å². The van der Waals surface area contributed by atoms with Crippen LogP contribution in [0.15, 0.2) is 48.8 Å². The molecule has 1 amide bonds. The van der Waals surface area contributed by atoms with Crippen molar-refractivity contribution in [2.45, 2.75) is 43.3 Å². The maximum Gasteiger partial charge on any atom is 0.434 e. The zero-order valence-corrected chi connectivity index (χ0v) is 16.0. The molecule has 2 heterocycles. The van der Waals surface area contributed by atoms with Crippen LogP contribution in [0.2, 0.25) is 0 Å². The summed E-state index contributed by atoms with van der Waals surface area (Å²) in [4.78, 5) is 16.5. The topological polar surface area (TPSA) is 45.2 Å². The van der Waals surface area contributed by atoms with Crippen molar-refractivity contribution in [2.75, 3.05) is 6.54 Å². The molecule has 1 fully saturated rings. The molecule has 3 rings (SSSR count). The number of piperidine rings is 1. The second-order valence-electron chi connectivity index (χ2n) is 7.16. The largest absolute Gasteiger partial charge is 0.434 e. The van der Waals surface area contributed by atoms with Crippen molar-refractivity contribution in [3.63, 3.8) is 0 Å². The van der Waals surface area contributed by atoms with E-state index in [2.05, 4.69) is 4.98 Å². The van der Waals surface area contributed by atoms with Crippen LogP contribution in [-0.4, -0.2) is 40.4 Å². The van der Waals surface area contributed by atoms with E-state index in [4.69, 9.17) is 0 Å². The smallest absolute Gasteiger partial charge is 0.318 e. The van der Waals surface area contributed by atoms with Gasteiger partial charge >= 0.3 is 12.4 Å². The molecule has 1 N–H and O–H groups in total. The first-order valence-corrected chi connectivity index (χ1v) is 9.35. The molecule has 0 bridgehead atoms. The van der Waals surface area contributed by atoms with E-state index in [-0.39, 0.29) is 23.3 Å². The lowest BCUT2D eigenvalue weighted by molar-refractivity contribution is -0.356. The summed E-state index contributed by atoms with van der Waals surface area (Å²) in [7, 11) is 0. The van der Waals surface area contributed by atoms with Crippen molar-refractivity contribution < 1.29 is 35.5 Å². The normalized spacial score (nSPS) is 18.6. The predicted molar refractivity (Wildman–Crippen MR) is 96.2 cm³/mol. The summed E-state index contributed by atoms with van der Waals surface area (Å²) in [5.41, 5.74) is -5.00. The van der Waals surface area contributed by atoms with Crippen LogP contribution in [0.5, 0.6) is 0 Å². The number of carbonyl (C=O) groups is 1. The third-order valence-electron chi connectivity index (χ3n) is 5.22. The van der Waals surface area contributed by atoms with Crippen molar-refractivity contribution in [1.82, 2.24) is 15.2 Å². The molecule has 1 atom stereocenters. The molecular weight excluding hydrogens is 431 g/mol. The molecule has 1 aromatic carbocycles. The van der Waals surface area contributed by atoms with Gasteiger partial charge in [-0.25, -0.2) is 4.39 Å². The molecule has 1 aliphatic rings. The van der Waals surface area contributed by atoms with Gasteiger partial charge in [-0.05, 0) is 48.7 Å². The van der Waals surface area contributed by atoms with Gasteiger partial charge < -0.3 is 5.32 Å². The number of nitrogens with zero attached hydrogens (tertiary/aromatic N) is 2. The second kappa shape index (κ2) is 8.45. The number of hydrogen-bond donors (Lipinski definition) is 1. The first-order chi connectivity index (χ1) is 14.5. The number of nitrogens with one attached hydrogen (secondary N) is 1. The number of rotatable bonds is 4. The number of aromatic nitrogens is 1. The van der Waals surface area contributed by atoms with Crippen molar-refractivity contribution in [3.05, 3.63) is 65.7 Å². The Labute approximate surface area is 173 Å². The van der Waals surface area contributed by atoms with E-state index in [1.165, 1.54) is 29.8 Å². The number of amides is 1. The van der Waals surface area contributed by atoms with Crippen molar-refractivity contribution in [2.24, 2.45) is 0 Å². The zero-order valence-electron chi connectivity index (χ0n) is 16.0. The SMILES string of the molecule is O=C(NC(N1CCCCC1c1cccnc1)(C(F)(F)F)C(F)(F)F)c1ccc(F)cc1. The van der Waals surface area contributed by atoms with Gasteiger partial charge in [-0.3, -0.25) is 14.7 Å². The fourth-order valence-corrected chi connectivity index (χ4v) is 3.79. The molecule has 1 aliphatic heterocycles. The Morgan fingerprint density at radius 2 is 1.65 bits per heavy atom. The van der Waals surface area contributed by atoms with E-state index in [1.54, 1.807) is 0 Å². The maximum atomic E-state index is 14.2. The third kappa shape index (κ3) is 4.36. The molecule has 168 valence electrons. The van der Waals surface area contributed by atoms with Crippen LogP contribution in [0.3, 0.4) is 0 Å². The zero-order chi connectivity index (χ0) is 22.9. The Hall–Kier alpha value is -2.69. The van der Waals surface area contributed by atoms with Gasteiger partial charge in [-0.2, -0.15) is 26.3 Å². The molecule has 0 saturated carbocycles. The van der Waals surface area contributed by atoms with Crippen LogP contribution < -0.4 is 5.32 Å². The lowest BCUT2D eigenvalue weighted by Crippen LogP contribution is -2.77. The van der Waals surface area contributed by atoms with Crippen molar-refractivity contribution in [1.29, 1.82) is 0 Å². The Morgan fingerprint density at radius 3 is 2.19 bits per heavy atom. The van der Waals surface area contributed by atoms with Crippen LogP contribution in [0.25, 0.3) is 0 Å². The fraction of sp³-hybridized carbons (Fsp3) is 0.400. The number of hydrogen-bond acceptors (Lipinski definition) is 3. The van der Waals surface area contributed by atoms with Crippen molar-refractivity contribution in [3.8, 4) is 0 Å². The van der Waals surface area contributed by atoms with Gasteiger partial charge in [0, 0.05) is 30.5 Å². The summed E-state index contributed by atoms with van der Waals surface area (Å²) in [6.45, 7) is -0.553. The molecule has 1 saturated heterocycles. The molecule has 1 unspecified atom stereocenters. The molecule has 2 aromatic rings. The van der Waals surface area contributed by atoms with Crippen LogP contribution in [0.4, 0.5) is 30.7 Å². The molecule has 0 radical (unpaired) electrons. The standard InChI is InChI=1S/C20H18F7N3O/c21-15-8-6-13(7-9-15)17(31)29-18(19(22,23)24,20(25,26)27)30-11-2-1-5-16(30)14-4-3-10-28-12-14/h3-4,6-10,12,16H,1-2,5,11H2,(H,29,31). The number of likely N-dealkylation sites (tertiary alicyclic amines) is 1. The molecule has 4 nitrogen and oxygen atoms in total. The summed E-state index contributed by atoms with van der Waals surface area (Å²) in [6.07, 6.45) is -8.73. The summed E-state index contributed by atoms with van der Waals surface area (Å²) >= 11 is 0. The highest BCUT2D eigenvalue weighted by molar-refractivity contribution is 5.94. The van der Waals surface area contributed by atoms with Gasteiger partial charge in [0.25, 0.3) is 11.6 Å². The molecule has 31 heavy (non-hydrogen) atoms. The lowest BCUT2D eigenvalue weighted by atomic mass is 9.91. The minimum atomic E-state index is -5.90. The Bertz CT molecular complexity index is 884. The lowest BCUT2D eigenvalue weighted by Gasteiger charge is -2.50. The average molecular weight is 449 g/mol. The molecule has 0 spiro atoms. The van der Waals surface area contributed by atoms with Crippen LogP contribution >= 0.6 is 0 Å². The van der Waals surface area contributed by atoms with E-state index >= 15 is 0 Å². The average Bonchev–Trinajstić information content (AvgIpc) is 2.71. The highest BCUT2D eigenvalue weighted by atomic mass is 19.4. The number of carbonyl (C=O) groups excluding carboxylic acids is 1. The van der Waals surface area contributed by atoms with Crippen LogP contribution in [0.1, 0.15) is 41.2 Å². The Kier molecular flexibility index (Phi) is 6.26. The van der Waals surface area contributed by atoms with E-state index in [0.717, 1.165) is 24.3 Å². The third-order valence-corrected chi connectivity index (χ3v) is 5.22. The van der Waals surface area contributed by atoms with Crippen LogP contribution in [-0.2, 0) is 0 Å². The fourth-order valence-electron chi connectivity index (χ4n) is 3.79. The van der Waals surface area contributed by atoms with Gasteiger partial charge in [-0.15, -0.1) is 0 Å². The van der Waals surface area contributed by atoms with Gasteiger partial charge in [-0.1, -0.05) is 12.5 Å². The second-order valence-corrected chi connectivity index (χ2v) is 7.16. The van der Waals surface area contributed by atoms with E-state index < -0.39 is 47.9 Å². The molecular formula is C20H18F7N3O. The number of pyridine rings is 1.